The van der Waals surface area contributed by atoms with Crippen molar-refractivity contribution in [2.24, 2.45) is 0 Å². The zero-order valence-corrected chi connectivity index (χ0v) is 10.1. The SMILES string of the molecule is CCc1ccc(C(=O)OC)c(Br)c1C#N. The molecule has 15 heavy (non-hydrogen) atoms. The van der Waals surface area contributed by atoms with Crippen molar-refractivity contribution in [2.45, 2.75) is 13.3 Å². The molecule has 0 spiro atoms. The molecule has 0 aromatic heterocycles. The second-order valence-corrected chi connectivity index (χ2v) is 3.71. The van der Waals surface area contributed by atoms with E-state index < -0.39 is 5.97 Å². The van der Waals surface area contributed by atoms with Crippen LogP contribution >= 0.6 is 15.9 Å². The number of methoxy groups -OCH3 is 1. The molecule has 0 aliphatic heterocycles. The van der Waals surface area contributed by atoms with Crippen LogP contribution in [0.1, 0.15) is 28.4 Å². The minimum absolute atomic E-state index is 0.381. The maximum atomic E-state index is 11.3. The van der Waals surface area contributed by atoms with Crippen LogP contribution in [0.3, 0.4) is 0 Å². The molecule has 0 unspecified atom stereocenters. The third-order valence-corrected chi connectivity index (χ3v) is 2.95. The van der Waals surface area contributed by atoms with E-state index in [0.29, 0.717) is 15.6 Å². The topological polar surface area (TPSA) is 50.1 Å². The van der Waals surface area contributed by atoms with E-state index >= 15 is 0 Å². The van der Waals surface area contributed by atoms with Gasteiger partial charge in [0.2, 0.25) is 0 Å². The number of hydrogen-bond acceptors (Lipinski definition) is 3. The Morgan fingerprint density at radius 2 is 2.27 bits per heavy atom. The van der Waals surface area contributed by atoms with E-state index in [4.69, 9.17) is 5.26 Å². The predicted molar refractivity (Wildman–Crippen MR) is 59.6 cm³/mol. The van der Waals surface area contributed by atoms with Crippen LogP contribution in [-0.4, -0.2) is 13.1 Å². The van der Waals surface area contributed by atoms with Gasteiger partial charge in [0.25, 0.3) is 0 Å². The lowest BCUT2D eigenvalue weighted by atomic mass is 10.0. The number of carbonyl (C=O) groups excluding carboxylic acids is 1. The zero-order chi connectivity index (χ0) is 11.4. The highest BCUT2D eigenvalue weighted by atomic mass is 79.9. The van der Waals surface area contributed by atoms with Crippen LogP contribution in [0.5, 0.6) is 0 Å². The molecule has 3 nitrogen and oxygen atoms in total. The van der Waals surface area contributed by atoms with Crippen LogP contribution in [0, 0.1) is 11.3 Å². The first-order valence-electron chi connectivity index (χ1n) is 4.45. The summed E-state index contributed by atoms with van der Waals surface area (Å²) >= 11 is 3.25. The summed E-state index contributed by atoms with van der Waals surface area (Å²) in [7, 11) is 1.31. The first-order chi connectivity index (χ1) is 7.15. The molecule has 78 valence electrons. The van der Waals surface area contributed by atoms with Crippen molar-refractivity contribution in [3.8, 4) is 6.07 Å². The quantitative estimate of drug-likeness (QED) is 0.775. The number of aryl methyl sites for hydroxylation is 1. The fourth-order valence-corrected chi connectivity index (χ4v) is 1.94. The fourth-order valence-electron chi connectivity index (χ4n) is 1.30. The maximum Gasteiger partial charge on any atom is 0.339 e. The first kappa shape index (κ1) is 11.7. The van der Waals surface area contributed by atoms with Gasteiger partial charge in [-0.2, -0.15) is 5.26 Å². The summed E-state index contributed by atoms with van der Waals surface area (Å²) in [5.41, 5.74) is 1.80. The Labute approximate surface area is 96.8 Å². The monoisotopic (exact) mass is 267 g/mol. The van der Waals surface area contributed by atoms with E-state index in [1.165, 1.54) is 7.11 Å². The molecule has 0 atom stereocenters. The lowest BCUT2D eigenvalue weighted by Crippen LogP contribution is -2.04. The highest BCUT2D eigenvalue weighted by Crippen LogP contribution is 2.25. The van der Waals surface area contributed by atoms with Gasteiger partial charge < -0.3 is 4.74 Å². The fraction of sp³-hybridized carbons (Fsp3) is 0.273. The minimum Gasteiger partial charge on any atom is -0.465 e. The number of halogens is 1. The van der Waals surface area contributed by atoms with E-state index in [2.05, 4.69) is 26.7 Å². The molecule has 0 amide bonds. The predicted octanol–water partition coefficient (Wildman–Crippen LogP) is 2.67. The summed E-state index contributed by atoms with van der Waals surface area (Å²) < 4.78 is 5.12. The van der Waals surface area contributed by atoms with Crippen LogP contribution in [0.4, 0.5) is 0 Å². The molecule has 0 fully saturated rings. The smallest absolute Gasteiger partial charge is 0.339 e. The molecule has 0 aliphatic rings. The van der Waals surface area contributed by atoms with Crippen LogP contribution in [0.25, 0.3) is 0 Å². The Morgan fingerprint density at radius 3 is 2.73 bits per heavy atom. The van der Waals surface area contributed by atoms with Gasteiger partial charge in [-0.25, -0.2) is 4.79 Å². The van der Waals surface area contributed by atoms with Crippen LogP contribution in [0.2, 0.25) is 0 Å². The molecule has 1 rings (SSSR count). The molecule has 0 saturated carbocycles. The van der Waals surface area contributed by atoms with Crippen molar-refractivity contribution >= 4 is 21.9 Å². The van der Waals surface area contributed by atoms with Crippen molar-refractivity contribution in [3.63, 3.8) is 0 Å². The molecule has 0 aliphatic carbocycles. The molecule has 0 bridgehead atoms. The summed E-state index contributed by atoms with van der Waals surface area (Å²) in [6.07, 6.45) is 0.753. The van der Waals surface area contributed by atoms with Crippen LogP contribution in [0.15, 0.2) is 16.6 Å². The second kappa shape index (κ2) is 4.94. The van der Waals surface area contributed by atoms with Crippen LogP contribution in [-0.2, 0) is 11.2 Å². The molecule has 1 aromatic carbocycles. The van der Waals surface area contributed by atoms with Gasteiger partial charge in [-0.15, -0.1) is 0 Å². The van der Waals surface area contributed by atoms with E-state index in [1.807, 2.05) is 6.92 Å². The molecule has 1 aromatic rings. The number of carbonyl (C=O) groups is 1. The Hall–Kier alpha value is -1.34. The van der Waals surface area contributed by atoms with E-state index in [-0.39, 0.29) is 0 Å². The van der Waals surface area contributed by atoms with Crippen molar-refractivity contribution < 1.29 is 9.53 Å². The summed E-state index contributed by atoms with van der Waals surface area (Å²) in [6, 6.07) is 5.52. The third-order valence-electron chi connectivity index (χ3n) is 2.13. The zero-order valence-electron chi connectivity index (χ0n) is 8.50. The Kier molecular flexibility index (Phi) is 3.87. The van der Waals surface area contributed by atoms with Gasteiger partial charge in [-0.1, -0.05) is 13.0 Å². The van der Waals surface area contributed by atoms with Crippen molar-refractivity contribution in [3.05, 3.63) is 33.3 Å². The van der Waals surface area contributed by atoms with E-state index in [0.717, 1.165) is 12.0 Å². The van der Waals surface area contributed by atoms with Gasteiger partial charge in [0.1, 0.15) is 6.07 Å². The van der Waals surface area contributed by atoms with Gasteiger partial charge >= 0.3 is 5.97 Å². The molecule has 0 N–H and O–H groups in total. The van der Waals surface area contributed by atoms with Gasteiger partial charge in [0.05, 0.1) is 22.7 Å². The minimum atomic E-state index is -0.443. The number of nitriles is 1. The number of nitrogens with zero attached hydrogens (tertiary/aromatic N) is 1. The maximum absolute atomic E-state index is 11.3. The molecular weight excluding hydrogens is 258 g/mol. The van der Waals surface area contributed by atoms with Gasteiger partial charge in [0.15, 0.2) is 0 Å². The number of rotatable bonds is 2. The van der Waals surface area contributed by atoms with Crippen molar-refractivity contribution in [1.29, 1.82) is 5.26 Å². The van der Waals surface area contributed by atoms with Gasteiger partial charge in [-0.05, 0) is 34.0 Å². The average Bonchev–Trinajstić information content (AvgIpc) is 2.27. The van der Waals surface area contributed by atoms with Gasteiger partial charge in [0, 0.05) is 0 Å². The number of benzene rings is 1. The van der Waals surface area contributed by atoms with E-state index in [1.54, 1.807) is 12.1 Å². The van der Waals surface area contributed by atoms with Crippen LogP contribution < -0.4 is 0 Å². The molecular formula is C11H10BrNO2. The summed E-state index contributed by atoms with van der Waals surface area (Å²) in [5, 5.41) is 8.98. The second-order valence-electron chi connectivity index (χ2n) is 2.92. The number of ether oxygens (including phenoxy) is 1. The molecule has 0 saturated heterocycles. The lowest BCUT2D eigenvalue weighted by molar-refractivity contribution is 0.0599. The van der Waals surface area contributed by atoms with Crippen molar-refractivity contribution in [2.75, 3.05) is 7.11 Å². The highest BCUT2D eigenvalue weighted by molar-refractivity contribution is 9.10. The largest absolute Gasteiger partial charge is 0.465 e. The third kappa shape index (κ3) is 2.18. The lowest BCUT2D eigenvalue weighted by Gasteiger charge is -2.07. The Balaban J connectivity index is 3.37. The summed E-state index contributed by atoms with van der Waals surface area (Å²) in [5.74, 6) is -0.443. The molecule has 4 heteroatoms. The van der Waals surface area contributed by atoms with Gasteiger partial charge in [-0.3, -0.25) is 0 Å². The molecule has 0 heterocycles. The average molecular weight is 268 g/mol. The summed E-state index contributed by atoms with van der Waals surface area (Å²) in [6.45, 7) is 1.96. The first-order valence-corrected chi connectivity index (χ1v) is 5.24. The van der Waals surface area contributed by atoms with Crippen molar-refractivity contribution in [1.82, 2.24) is 0 Å². The molecule has 0 radical (unpaired) electrons. The highest BCUT2D eigenvalue weighted by Gasteiger charge is 2.15. The standard InChI is InChI=1S/C11H10BrNO2/c1-3-7-4-5-8(11(14)15-2)10(12)9(7)6-13/h4-5H,3H2,1-2H3. The normalized spacial score (nSPS) is 9.47. The number of hydrogen-bond donors (Lipinski definition) is 0. The van der Waals surface area contributed by atoms with E-state index in [9.17, 15) is 4.79 Å². The summed E-state index contributed by atoms with van der Waals surface area (Å²) in [4.78, 5) is 11.3. The Bertz CT molecular complexity index is 435. The Morgan fingerprint density at radius 1 is 1.60 bits per heavy atom. The number of esters is 1.